The summed E-state index contributed by atoms with van der Waals surface area (Å²) in [6.07, 6.45) is 1.97. The summed E-state index contributed by atoms with van der Waals surface area (Å²) in [6, 6.07) is 4.07. The molecular weight excluding hydrogens is 236 g/mol. The Morgan fingerprint density at radius 3 is 2.67 bits per heavy atom. The number of rotatable bonds is 3. The molecule has 0 amide bonds. The van der Waals surface area contributed by atoms with Gasteiger partial charge in [0, 0.05) is 18.2 Å². The Balaban J connectivity index is 2.67. The Labute approximate surface area is 104 Å². The van der Waals surface area contributed by atoms with E-state index < -0.39 is 11.6 Å². The van der Waals surface area contributed by atoms with Gasteiger partial charge in [-0.3, -0.25) is 0 Å². The van der Waals surface area contributed by atoms with Gasteiger partial charge in [0.2, 0.25) is 0 Å². The summed E-state index contributed by atoms with van der Waals surface area (Å²) in [5, 5.41) is 2.92. The van der Waals surface area contributed by atoms with Gasteiger partial charge in [0.05, 0.1) is 5.69 Å². The Morgan fingerprint density at radius 2 is 2.00 bits per heavy atom. The second-order valence-electron chi connectivity index (χ2n) is 3.75. The largest absolute Gasteiger partial charge is 0.373 e. The van der Waals surface area contributed by atoms with E-state index in [0.717, 1.165) is 11.6 Å². The molecule has 0 unspecified atom stereocenters. The first-order valence-electron chi connectivity index (χ1n) is 5.65. The van der Waals surface area contributed by atoms with E-state index in [9.17, 15) is 8.78 Å². The van der Waals surface area contributed by atoms with Crippen LogP contribution in [-0.2, 0) is 6.42 Å². The molecule has 0 saturated carbocycles. The van der Waals surface area contributed by atoms with Crippen molar-refractivity contribution in [2.45, 2.75) is 13.3 Å². The summed E-state index contributed by atoms with van der Waals surface area (Å²) in [6.45, 7) is 1.92. The van der Waals surface area contributed by atoms with E-state index in [4.69, 9.17) is 0 Å². The highest BCUT2D eigenvalue weighted by molar-refractivity contribution is 5.68. The summed E-state index contributed by atoms with van der Waals surface area (Å²) in [7, 11) is 1.73. The van der Waals surface area contributed by atoms with Crippen LogP contribution in [0.3, 0.4) is 0 Å². The standard InChI is InChI=1S/C13H13F2N3/c1-3-8-12(17-7-18-13(8)16-2)9-5-4-6-10(14)11(9)15/h4-7H,3H2,1-2H3,(H,16,17,18). The van der Waals surface area contributed by atoms with Crippen LogP contribution < -0.4 is 5.32 Å². The molecule has 0 bridgehead atoms. The maximum atomic E-state index is 13.8. The highest BCUT2D eigenvalue weighted by Gasteiger charge is 2.16. The monoisotopic (exact) mass is 249 g/mol. The number of hydrogen-bond donors (Lipinski definition) is 1. The Bertz CT molecular complexity index is 570. The lowest BCUT2D eigenvalue weighted by atomic mass is 10.0. The zero-order chi connectivity index (χ0) is 13.1. The third-order valence-electron chi connectivity index (χ3n) is 2.74. The van der Waals surface area contributed by atoms with Gasteiger partial charge in [-0.2, -0.15) is 0 Å². The number of aromatic nitrogens is 2. The minimum atomic E-state index is -0.882. The highest BCUT2D eigenvalue weighted by atomic mass is 19.2. The topological polar surface area (TPSA) is 37.8 Å². The first-order chi connectivity index (χ1) is 8.69. The molecule has 2 rings (SSSR count). The van der Waals surface area contributed by atoms with Crippen molar-refractivity contribution in [3.8, 4) is 11.3 Å². The van der Waals surface area contributed by atoms with Crippen LogP contribution in [0.25, 0.3) is 11.3 Å². The molecule has 0 fully saturated rings. The lowest BCUT2D eigenvalue weighted by Gasteiger charge is -2.11. The van der Waals surface area contributed by atoms with Crippen molar-refractivity contribution in [1.29, 1.82) is 0 Å². The van der Waals surface area contributed by atoms with Crippen LogP contribution in [0.15, 0.2) is 24.5 Å². The Morgan fingerprint density at radius 1 is 1.22 bits per heavy atom. The maximum absolute atomic E-state index is 13.8. The Hall–Kier alpha value is -2.04. The fourth-order valence-electron chi connectivity index (χ4n) is 1.88. The molecule has 3 nitrogen and oxygen atoms in total. The Kier molecular flexibility index (Phi) is 3.50. The molecule has 18 heavy (non-hydrogen) atoms. The van der Waals surface area contributed by atoms with Crippen LogP contribution in [0.1, 0.15) is 12.5 Å². The van der Waals surface area contributed by atoms with Crippen LogP contribution in [0, 0.1) is 11.6 Å². The van der Waals surface area contributed by atoms with Crippen LogP contribution in [0.5, 0.6) is 0 Å². The molecule has 0 aliphatic rings. The van der Waals surface area contributed by atoms with Gasteiger partial charge in [0.25, 0.3) is 0 Å². The molecule has 0 aliphatic heterocycles. The molecule has 0 spiro atoms. The van der Waals surface area contributed by atoms with Crippen LogP contribution in [-0.4, -0.2) is 17.0 Å². The van der Waals surface area contributed by atoms with Crippen molar-refractivity contribution < 1.29 is 8.78 Å². The lowest BCUT2D eigenvalue weighted by molar-refractivity contribution is 0.511. The van der Waals surface area contributed by atoms with Gasteiger partial charge in [0.15, 0.2) is 11.6 Å². The molecule has 1 heterocycles. The minimum Gasteiger partial charge on any atom is -0.373 e. The normalized spacial score (nSPS) is 10.4. The minimum absolute atomic E-state index is 0.158. The predicted octanol–water partition coefficient (Wildman–Crippen LogP) is 3.03. The first-order valence-corrected chi connectivity index (χ1v) is 5.65. The molecule has 0 atom stereocenters. The van der Waals surface area contributed by atoms with E-state index in [1.54, 1.807) is 7.05 Å². The van der Waals surface area contributed by atoms with Crippen LogP contribution in [0.4, 0.5) is 14.6 Å². The van der Waals surface area contributed by atoms with E-state index >= 15 is 0 Å². The van der Waals surface area contributed by atoms with Gasteiger partial charge in [-0.1, -0.05) is 13.0 Å². The molecular formula is C13H13F2N3. The number of anilines is 1. The van der Waals surface area contributed by atoms with Crippen molar-refractivity contribution >= 4 is 5.82 Å². The third kappa shape index (κ3) is 2.03. The van der Waals surface area contributed by atoms with Crippen molar-refractivity contribution in [3.05, 3.63) is 41.7 Å². The van der Waals surface area contributed by atoms with Crippen molar-refractivity contribution in [2.24, 2.45) is 0 Å². The smallest absolute Gasteiger partial charge is 0.168 e. The molecule has 0 saturated heterocycles. The van der Waals surface area contributed by atoms with Crippen LogP contribution >= 0.6 is 0 Å². The van der Waals surface area contributed by atoms with E-state index in [-0.39, 0.29) is 5.56 Å². The molecule has 0 aliphatic carbocycles. The average Bonchev–Trinajstić information content (AvgIpc) is 2.41. The first kappa shape index (κ1) is 12.4. The SMILES string of the molecule is CCc1c(NC)ncnc1-c1cccc(F)c1F. The fourth-order valence-corrected chi connectivity index (χ4v) is 1.88. The summed E-state index contributed by atoms with van der Waals surface area (Å²) >= 11 is 0. The van der Waals surface area contributed by atoms with E-state index in [1.807, 2.05) is 6.92 Å². The molecule has 5 heteroatoms. The lowest BCUT2D eigenvalue weighted by Crippen LogP contribution is -2.03. The number of halogens is 2. The van der Waals surface area contributed by atoms with E-state index in [0.29, 0.717) is 17.9 Å². The van der Waals surface area contributed by atoms with Crippen LogP contribution in [0.2, 0.25) is 0 Å². The summed E-state index contributed by atoms with van der Waals surface area (Å²) in [4.78, 5) is 8.14. The van der Waals surface area contributed by atoms with Gasteiger partial charge in [-0.05, 0) is 18.6 Å². The van der Waals surface area contributed by atoms with Gasteiger partial charge < -0.3 is 5.32 Å². The van der Waals surface area contributed by atoms with Crippen molar-refractivity contribution in [2.75, 3.05) is 12.4 Å². The summed E-state index contributed by atoms with van der Waals surface area (Å²) in [5.41, 5.74) is 1.35. The molecule has 1 aromatic heterocycles. The second kappa shape index (κ2) is 5.08. The zero-order valence-corrected chi connectivity index (χ0v) is 10.2. The van der Waals surface area contributed by atoms with E-state index in [1.165, 1.54) is 18.5 Å². The zero-order valence-electron chi connectivity index (χ0n) is 10.2. The van der Waals surface area contributed by atoms with Gasteiger partial charge >= 0.3 is 0 Å². The highest BCUT2D eigenvalue weighted by Crippen LogP contribution is 2.28. The van der Waals surface area contributed by atoms with Gasteiger partial charge in [0.1, 0.15) is 12.1 Å². The number of nitrogens with zero attached hydrogens (tertiary/aromatic N) is 2. The fraction of sp³-hybridized carbons (Fsp3) is 0.231. The number of nitrogens with one attached hydrogen (secondary N) is 1. The summed E-state index contributed by atoms with van der Waals surface area (Å²) < 4.78 is 27.0. The quantitative estimate of drug-likeness (QED) is 0.908. The molecule has 1 N–H and O–H groups in total. The summed E-state index contributed by atoms with van der Waals surface area (Å²) in [5.74, 6) is -1.13. The van der Waals surface area contributed by atoms with E-state index in [2.05, 4.69) is 15.3 Å². The number of hydrogen-bond acceptors (Lipinski definition) is 3. The van der Waals surface area contributed by atoms with Crippen molar-refractivity contribution in [1.82, 2.24) is 9.97 Å². The molecule has 0 radical (unpaired) electrons. The average molecular weight is 249 g/mol. The second-order valence-corrected chi connectivity index (χ2v) is 3.75. The van der Waals surface area contributed by atoms with Crippen molar-refractivity contribution in [3.63, 3.8) is 0 Å². The maximum Gasteiger partial charge on any atom is 0.168 e. The third-order valence-corrected chi connectivity index (χ3v) is 2.74. The van der Waals surface area contributed by atoms with Gasteiger partial charge in [-0.25, -0.2) is 18.7 Å². The number of benzene rings is 1. The predicted molar refractivity (Wildman–Crippen MR) is 66.3 cm³/mol. The molecule has 1 aromatic carbocycles. The molecule has 94 valence electrons. The van der Waals surface area contributed by atoms with Gasteiger partial charge in [-0.15, -0.1) is 0 Å². The molecule has 2 aromatic rings.